The zero-order valence-corrected chi connectivity index (χ0v) is 8.47. The molecule has 0 amide bonds. The molecule has 0 spiro atoms. The summed E-state index contributed by atoms with van der Waals surface area (Å²) in [5.74, 6) is -0.214. The van der Waals surface area contributed by atoms with Crippen molar-refractivity contribution in [2.75, 3.05) is 0 Å². The van der Waals surface area contributed by atoms with Crippen molar-refractivity contribution >= 4 is 5.97 Å². The maximum Gasteiger partial charge on any atom is 0.334 e. The van der Waals surface area contributed by atoms with Crippen molar-refractivity contribution in [3.63, 3.8) is 0 Å². The van der Waals surface area contributed by atoms with E-state index in [1.54, 1.807) is 6.92 Å². The number of carbonyl (C=O) groups excluding carboxylic acids is 1. The van der Waals surface area contributed by atoms with Crippen molar-refractivity contribution in [1.29, 1.82) is 0 Å². The van der Waals surface area contributed by atoms with Gasteiger partial charge in [0.05, 0.1) is 0 Å². The van der Waals surface area contributed by atoms with Gasteiger partial charge in [0, 0.05) is 11.1 Å². The summed E-state index contributed by atoms with van der Waals surface area (Å²) < 4.78 is 5.02. The van der Waals surface area contributed by atoms with Crippen LogP contribution < -0.4 is 0 Å². The third-order valence-corrected chi connectivity index (χ3v) is 1.98. The molecule has 1 heterocycles. The Balaban J connectivity index is 3.04. The van der Waals surface area contributed by atoms with Gasteiger partial charge in [-0.3, -0.25) is 0 Å². The van der Waals surface area contributed by atoms with Gasteiger partial charge in [-0.25, -0.2) is 4.79 Å². The highest BCUT2D eigenvalue weighted by molar-refractivity contribution is 5.92. The Hall–Kier alpha value is -1.27. The quantitative estimate of drug-likeness (QED) is 0.455. The molecule has 1 atom stereocenters. The molecule has 0 aromatic carbocycles. The van der Waals surface area contributed by atoms with Crippen molar-refractivity contribution in [1.82, 2.24) is 0 Å². The van der Waals surface area contributed by atoms with E-state index in [9.17, 15) is 4.79 Å². The van der Waals surface area contributed by atoms with Gasteiger partial charge >= 0.3 is 5.97 Å². The first-order valence-corrected chi connectivity index (χ1v) is 4.34. The molecule has 0 radical (unpaired) electrons. The minimum absolute atomic E-state index is 0.126. The van der Waals surface area contributed by atoms with Crippen LogP contribution in [0.25, 0.3) is 0 Å². The lowest BCUT2D eigenvalue weighted by Crippen LogP contribution is -2.04. The second kappa shape index (κ2) is 3.63. The van der Waals surface area contributed by atoms with Gasteiger partial charge in [-0.1, -0.05) is 0 Å². The molecule has 2 heteroatoms. The highest BCUT2D eigenvalue weighted by atomic mass is 16.5. The van der Waals surface area contributed by atoms with Crippen LogP contribution in [0.4, 0.5) is 0 Å². The number of cyclic esters (lactones) is 1. The molecule has 2 nitrogen and oxygen atoms in total. The highest BCUT2D eigenvalue weighted by Gasteiger charge is 2.25. The average Bonchev–Trinajstić information content (AvgIpc) is 2.24. The van der Waals surface area contributed by atoms with Crippen LogP contribution in [-0.2, 0) is 9.53 Å². The molecule has 0 saturated heterocycles. The van der Waals surface area contributed by atoms with Crippen molar-refractivity contribution in [3.8, 4) is 0 Å². The normalized spacial score (nSPS) is 21.2. The number of ether oxygens (including phenoxy) is 1. The molecule has 1 rings (SSSR count). The second-order valence-corrected chi connectivity index (χ2v) is 3.42. The van der Waals surface area contributed by atoms with Crippen molar-refractivity contribution < 1.29 is 9.53 Å². The highest BCUT2D eigenvalue weighted by Crippen LogP contribution is 2.22. The molecule has 1 aliphatic rings. The third kappa shape index (κ3) is 2.10. The topological polar surface area (TPSA) is 26.3 Å². The summed E-state index contributed by atoms with van der Waals surface area (Å²) >= 11 is 0. The van der Waals surface area contributed by atoms with Gasteiger partial charge in [0.2, 0.25) is 0 Å². The summed E-state index contributed by atoms with van der Waals surface area (Å²) in [7, 11) is 0. The first kappa shape index (κ1) is 9.82. The van der Waals surface area contributed by atoms with Gasteiger partial charge < -0.3 is 4.74 Å². The van der Waals surface area contributed by atoms with Crippen LogP contribution in [0.2, 0.25) is 0 Å². The van der Waals surface area contributed by atoms with Crippen LogP contribution >= 0.6 is 0 Å². The third-order valence-electron chi connectivity index (χ3n) is 1.98. The molecule has 0 aliphatic carbocycles. The van der Waals surface area contributed by atoms with Crippen LogP contribution in [0.3, 0.4) is 0 Å². The molecule has 0 fully saturated rings. The largest absolute Gasteiger partial charge is 0.454 e. The Bertz CT molecular complexity index is 324. The Morgan fingerprint density at radius 3 is 2.54 bits per heavy atom. The Labute approximate surface area is 78.6 Å². The van der Waals surface area contributed by atoms with Gasteiger partial charge in [0.1, 0.15) is 6.10 Å². The van der Waals surface area contributed by atoms with E-state index in [0.29, 0.717) is 5.57 Å². The lowest BCUT2D eigenvalue weighted by molar-refractivity contribution is -0.139. The predicted octanol–water partition coefficient (Wildman–Crippen LogP) is 2.37. The smallest absolute Gasteiger partial charge is 0.334 e. The first-order chi connectivity index (χ1) is 6.02. The van der Waals surface area contributed by atoms with E-state index in [-0.39, 0.29) is 12.1 Å². The Morgan fingerprint density at radius 1 is 1.54 bits per heavy atom. The van der Waals surface area contributed by atoms with E-state index in [2.05, 4.69) is 5.73 Å². The number of hydrogen-bond donors (Lipinski definition) is 0. The van der Waals surface area contributed by atoms with Gasteiger partial charge in [0.25, 0.3) is 0 Å². The van der Waals surface area contributed by atoms with Gasteiger partial charge in [-0.05, 0) is 39.3 Å². The summed E-state index contributed by atoms with van der Waals surface area (Å²) in [5.41, 5.74) is 5.79. The molecular formula is C11H14O2. The maximum absolute atomic E-state index is 11.1. The Morgan fingerprint density at radius 2 is 2.15 bits per heavy atom. The molecule has 0 aromatic heterocycles. The van der Waals surface area contributed by atoms with E-state index >= 15 is 0 Å². The summed E-state index contributed by atoms with van der Waals surface area (Å²) in [5, 5.41) is 0. The fourth-order valence-corrected chi connectivity index (χ4v) is 1.18. The summed E-state index contributed by atoms with van der Waals surface area (Å²) in [6, 6.07) is 0. The van der Waals surface area contributed by atoms with Gasteiger partial charge in [-0.2, -0.15) is 0 Å². The van der Waals surface area contributed by atoms with Crippen molar-refractivity contribution in [3.05, 3.63) is 28.5 Å². The average molecular weight is 178 g/mol. The van der Waals surface area contributed by atoms with Crippen LogP contribution in [-0.4, -0.2) is 12.1 Å². The SMILES string of the molecule is CC(C)=C=CC1=C(C)C(=O)OC1C. The van der Waals surface area contributed by atoms with Crippen LogP contribution in [0.15, 0.2) is 28.5 Å². The molecule has 1 aliphatic heterocycles. The summed E-state index contributed by atoms with van der Waals surface area (Å²) in [4.78, 5) is 11.1. The zero-order valence-electron chi connectivity index (χ0n) is 8.47. The lowest BCUT2D eigenvalue weighted by Gasteiger charge is -2.01. The molecule has 0 aromatic rings. The molecule has 0 bridgehead atoms. The first-order valence-electron chi connectivity index (χ1n) is 4.34. The van der Waals surface area contributed by atoms with E-state index in [4.69, 9.17) is 4.74 Å². The number of carbonyl (C=O) groups is 1. The predicted molar refractivity (Wildman–Crippen MR) is 51.2 cm³/mol. The summed E-state index contributed by atoms with van der Waals surface area (Å²) in [6.07, 6.45) is 1.71. The lowest BCUT2D eigenvalue weighted by atomic mass is 10.1. The second-order valence-electron chi connectivity index (χ2n) is 3.42. The molecular weight excluding hydrogens is 164 g/mol. The summed E-state index contributed by atoms with van der Waals surface area (Å²) in [6.45, 7) is 7.58. The van der Waals surface area contributed by atoms with E-state index in [0.717, 1.165) is 11.1 Å². The molecule has 70 valence electrons. The number of rotatable bonds is 1. The van der Waals surface area contributed by atoms with E-state index < -0.39 is 0 Å². The molecule has 1 unspecified atom stereocenters. The monoisotopic (exact) mass is 178 g/mol. The number of esters is 1. The van der Waals surface area contributed by atoms with E-state index in [1.165, 1.54) is 0 Å². The van der Waals surface area contributed by atoms with Crippen molar-refractivity contribution in [2.24, 2.45) is 0 Å². The Kier molecular flexibility index (Phi) is 2.74. The van der Waals surface area contributed by atoms with Crippen molar-refractivity contribution in [2.45, 2.75) is 33.8 Å². The zero-order chi connectivity index (χ0) is 10.0. The fraction of sp³-hybridized carbons (Fsp3) is 0.455. The van der Waals surface area contributed by atoms with Gasteiger partial charge in [0.15, 0.2) is 0 Å². The van der Waals surface area contributed by atoms with Crippen LogP contribution in [0, 0.1) is 0 Å². The van der Waals surface area contributed by atoms with E-state index in [1.807, 2.05) is 26.8 Å². The van der Waals surface area contributed by atoms with Crippen LogP contribution in [0.5, 0.6) is 0 Å². The molecule has 13 heavy (non-hydrogen) atoms. The standard InChI is InChI=1S/C11H14O2/c1-7(2)5-6-10-8(3)11(12)13-9(10)4/h6,9H,1-4H3. The molecule has 0 saturated carbocycles. The van der Waals surface area contributed by atoms with Gasteiger partial charge in [-0.15, -0.1) is 5.73 Å². The van der Waals surface area contributed by atoms with Crippen LogP contribution in [0.1, 0.15) is 27.7 Å². The maximum atomic E-state index is 11.1. The minimum atomic E-state index is -0.214. The molecule has 0 N–H and O–H groups in total. The number of hydrogen-bond acceptors (Lipinski definition) is 2. The minimum Gasteiger partial charge on any atom is -0.454 e. The fourth-order valence-electron chi connectivity index (χ4n) is 1.18.